The van der Waals surface area contributed by atoms with Crippen LogP contribution in [0.25, 0.3) is 10.4 Å². The van der Waals surface area contributed by atoms with E-state index in [4.69, 9.17) is 4.74 Å². The quantitative estimate of drug-likeness (QED) is 0.597. The van der Waals surface area contributed by atoms with Crippen LogP contribution < -0.4 is 9.46 Å². The van der Waals surface area contributed by atoms with E-state index < -0.39 is 10.0 Å². The highest BCUT2D eigenvalue weighted by atomic mass is 32.2. The lowest BCUT2D eigenvalue weighted by Crippen LogP contribution is -2.29. The van der Waals surface area contributed by atoms with Crippen molar-refractivity contribution in [3.63, 3.8) is 0 Å². The predicted octanol–water partition coefficient (Wildman–Crippen LogP) is 3.92. The summed E-state index contributed by atoms with van der Waals surface area (Å²) in [5.41, 5.74) is 2.49. The lowest BCUT2D eigenvalue weighted by molar-refractivity contribution is 0.274. The van der Waals surface area contributed by atoms with Crippen molar-refractivity contribution in [2.75, 3.05) is 7.11 Å². The summed E-state index contributed by atoms with van der Waals surface area (Å²) >= 11 is 1.22. The van der Waals surface area contributed by atoms with Crippen molar-refractivity contribution in [1.82, 2.24) is 4.72 Å². The first-order valence-corrected chi connectivity index (χ1v) is 11.6. The van der Waals surface area contributed by atoms with Gasteiger partial charge in [0.15, 0.2) is 0 Å². The van der Waals surface area contributed by atoms with E-state index in [1.54, 1.807) is 25.3 Å². The van der Waals surface area contributed by atoms with Crippen molar-refractivity contribution in [2.45, 2.75) is 35.6 Å². The van der Waals surface area contributed by atoms with Crippen LogP contribution in [0.2, 0.25) is 0 Å². The van der Waals surface area contributed by atoms with E-state index in [1.807, 2.05) is 42.5 Å². The number of methoxy groups -OCH3 is 1. The van der Waals surface area contributed by atoms with Crippen molar-refractivity contribution in [3.8, 4) is 16.2 Å². The fourth-order valence-corrected chi connectivity index (χ4v) is 6.26. The summed E-state index contributed by atoms with van der Waals surface area (Å²) in [4.78, 5) is 0.823. The largest absolute Gasteiger partial charge is 0.496 e. The topological polar surface area (TPSA) is 75.6 Å². The molecule has 1 saturated carbocycles. The lowest BCUT2D eigenvalue weighted by Gasteiger charge is -2.12. The third kappa shape index (κ3) is 3.83. The highest BCUT2D eigenvalue weighted by molar-refractivity contribution is 7.91. The van der Waals surface area contributed by atoms with E-state index in [-0.39, 0.29) is 22.3 Å². The minimum atomic E-state index is -3.60. The summed E-state index contributed by atoms with van der Waals surface area (Å²) in [6.45, 7) is 1.94. The molecule has 152 valence electrons. The van der Waals surface area contributed by atoms with Gasteiger partial charge >= 0.3 is 0 Å². The van der Waals surface area contributed by atoms with Crippen molar-refractivity contribution < 1.29 is 18.3 Å². The average Bonchev–Trinajstić information content (AvgIpc) is 3.15. The zero-order chi connectivity index (χ0) is 20.6. The van der Waals surface area contributed by atoms with Crippen LogP contribution in [0.3, 0.4) is 0 Å². The third-order valence-corrected chi connectivity index (χ3v) is 8.65. The molecular formula is C22H23NO4S2. The van der Waals surface area contributed by atoms with Gasteiger partial charge in [-0.05, 0) is 47.9 Å². The first-order valence-electron chi connectivity index (χ1n) is 9.33. The van der Waals surface area contributed by atoms with Gasteiger partial charge in [0.1, 0.15) is 9.96 Å². The van der Waals surface area contributed by atoms with Crippen molar-refractivity contribution in [3.05, 3.63) is 71.8 Å². The molecule has 0 radical (unpaired) electrons. The Labute approximate surface area is 175 Å². The molecule has 1 aliphatic carbocycles. The predicted molar refractivity (Wildman–Crippen MR) is 115 cm³/mol. The summed E-state index contributed by atoms with van der Waals surface area (Å²) < 4.78 is 34.2. The standard InChI is InChI=1S/C22H23NO4S2/c1-22(17-6-4-3-5-7-17)13-20(22)23-29(25,26)21-11-10-19(28-21)15-8-9-18(27-2)16(12-15)14-24/h3-12,20,23-24H,13-14H2,1-2H3/t20-,22+/m0/s1. The molecule has 3 aromatic rings. The molecule has 29 heavy (non-hydrogen) atoms. The molecule has 1 aliphatic rings. The Hall–Kier alpha value is -2.19. The Morgan fingerprint density at radius 3 is 2.62 bits per heavy atom. The number of rotatable bonds is 7. The molecule has 1 heterocycles. The number of aliphatic hydroxyl groups excluding tert-OH is 1. The highest BCUT2D eigenvalue weighted by Crippen LogP contribution is 2.48. The molecule has 0 amide bonds. The van der Waals surface area contributed by atoms with Crippen molar-refractivity contribution in [1.29, 1.82) is 0 Å². The average molecular weight is 430 g/mol. The van der Waals surface area contributed by atoms with E-state index in [0.29, 0.717) is 11.3 Å². The second-order valence-electron chi connectivity index (χ2n) is 7.46. The number of hydrogen-bond acceptors (Lipinski definition) is 5. The van der Waals surface area contributed by atoms with Crippen LogP contribution in [0.1, 0.15) is 24.5 Å². The minimum absolute atomic E-state index is 0.109. The molecule has 2 atom stereocenters. The van der Waals surface area contributed by atoms with Gasteiger partial charge in [-0.3, -0.25) is 0 Å². The van der Waals surface area contributed by atoms with Crippen LogP contribution in [0.15, 0.2) is 64.9 Å². The number of benzene rings is 2. The summed E-state index contributed by atoms with van der Waals surface area (Å²) in [6, 6.07) is 18.8. The van der Waals surface area contributed by atoms with Gasteiger partial charge in [0.25, 0.3) is 0 Å². The van der Waals surface area contributed by atoms with E-state index >= 15 is 0 Å². The monoisotopic (exact) mass is 429 g/mol. The number of sulfonamides is 1. The number of hydrogen-bond donors (Lipinski definition) is 2. The zero-order valence-corrected chi connectivity index (χ0v) is 17.9. The lowest BCUT2D eigenvalue weighted by atomic mass is 9.98. The van der Waals surface area contributed by atoms with Crippen molar-refractivity contribution in [2.24, 2.45) is 0 Å². The SMILES string of the molecule is COc1ccc(-c2ccc(S(=O)(=O)N[C@H]3C[C@]3(C)c3ccccc3)s2)cc1CO. The molecule has 2 aromatic carbocycles. The maximum atomic E-state index is 12.9. The zero-order valence-electron chi connectivity index (χ0n) is 16.3. The Morgan fingerprint density at radius 1 is 1.17 bits per heavy atom. The summed E-state index contributed by atoms with van der Waals surface area (Å²) in [5, 5.41) is 9.52. The van der Waals surface area contributed by atoms with Crippen LogP contribution in [0, 0.1) is 0 Å². The van der Waals surface area contributed by atoms with Gasteiger partial charge in [-0.15, -0.1) is 11.3 Å². The summed E-state index contributed by atoms with van der Waals surface area (Å²) in [7, 11) is -2.04. The van der Waals surface area contributed by atoms with Gasteiger partial charge in [0, 0.05) is 21.9 Å². The number of thiophene rings is 1. The first kappa shape index (κ1) is 20.1. The second kappa shape index (κ2) is 7.57. The Balaban J connectivity index is 1.54. The Morgan fingerprint density at radius 2 is 1.93 bits per heavy atom. The molecule has 0 bridgehead atoms. The second-order valence-corrected chi connectivity index (χ2v) is 10.5. The van der Waals surface area contributed by atoms with Gasteiger partial charge in [-0.2, -0.15) is 0 Å². The van der Waals surface area contributed by atoms with Crippen LogP contribution >= 0.6 is 11.3 Å². The third-order valence-electron chi connectivity index (χ3n) is 5.55. The molecule has 0 spiro atoms. The number of aliphatic hydroxyl groups is 1. The minimum Gasteiger partial charge on any atom is -0.496 e. The Kier molecular flexibility index (Phi) is 5.25. The van der Waals surface area contributed by atoms with E-state index in [0.717, 1.165) is 22.4 Å². The molecule has 0 saturated heterocycles. The summed E-state index contributed by atoms with van der Waals surface area (Å²) in [5.74, 6) is 0.608. The van der Waals surface area contributed by atoms with Gasteiger partial charge < -0.3 is 9.84 Å². The molecule has 1 aromatic heterocycles. The number of nitrogens with one attached hydrogen (secondary N) is 1. The van der Waals surface area contributed by atoms with Crippen LogP contribution in [-0.4, -0.2) is 26.7 Å². The normalized spacial score (nSPS) is 21.1. The molecule has 4 rings (SSSR count). The van der Waals surface area contributed by atoms with Gasteiger partial charge in [-0.1, -0.05) is 37.3 Å². The van der Waals surface area contributed by atoms with E-state index in [9.17, 15) is 13.5 Å². The highest BCUT2D eigenvalue weighted by Gasteiger charge is 2.53. The van der Waals surface area contributed by atoms with Gasteiger partial charge in [-0.25, -0.2) is 13.1 Å². The smallest absolute Gasteiger partial charge is 0.250 e. The van der Waals surface area contributed by atoms with Crippen LogP contribution in [-0.2, 0) is 22.0 Å². The summed E-state index contributed by atoms with van der Waals surface area (Å²) in [6.07, 6.45) is 0.785. The van der Waals surface area contributed by atoms with E-state index in [1.165, 1.54) is 11.3 Å². The molecule has 0 unspecified atom stereocenters. The molecule has 0 aliphatic heterocycles. The van der Waals surface area contributed by atoms with Crippen LogP contribution in [0.4, 0.5) is 0 Å². The van der Waals surface area contributed by atoms with Gasteiger partial charge in [0.2, 0.25) is 10.0 Å². The maximum Gasteiger partial charge on any atom is 0.250 e. The Bertz CT molecular complexity index is 1120. The fraction of sp³-hybridized carbons (Fsp3) is 0.273. The van der Waals surface area contributed by atoms with Crippen molar-refractivity contribution >= 4 is 21.4 Å². The molecule has 1 fully saturated rings. The molecule has 2 N–H and O–H groups in total. The fourth-order valence-electron chi connectivity index (χ4n) is 3.60. The molecular weight excluding hydrogens is 406 g/mol. The van der Waals surface area contributed by atoms with Crippen LogP contribution in [0.5, 0.6) is 5.75 Å². The first-order chi connectivity index (χ1) is 13.9. The number of ether oxygens (including phenoxy) is 1. The molecule has 7 heteroatoms. The maximum absolute atomic E-state index is 12.9. The van der Waals surface area contributed by atoms with E-state index in [2.05, 4.69) is 11.6 Å². The van der Waals surface area contributed by atoms with Gasteiger partial charge in [0.05, 0.1) is 13.7 Å². The molecule has 5 nitrogen and oxygen atoms in total.